The van der Waals surface area contributed by atoms with E-state index in [0.29, 0.717) is 51.5 Å². The van der Waals surface area contributed by atoms with Crippen molar-refractivity contribution in [2.75, 3.05) is 12.9 Å². The fourth-order valence-corrected chi connectivity index (χ4v) is 9.98. The third-order valence-electron chi connectivity index (χ3n) is 11.6. The predicted molar refractivity (Wildman–Crippen MR) is 206 cm³/mol. The minimum atomic E-state index is -1.58. The lowest BCUT2D eigenvalue weighted by Crippen LogP contribution is -2.72. The van der Waals surface area contributed by atoms with Crippen molar-refractivity contribution in [1.82, 2.24) is 0 Å². The molecule has 2 N–H and O–H groups in total. The number of hydrogen-bond donors (Lipinski definition) is 1. The Bertz CT molecular complexity index is 1940. The first kappa shape index (κ1) is 39.0. The minimum Gasteiger partial charge on any atom is -0.482 e. The largest absolute Gasteiger partial charge is 0.482 e. The fourth-order valence-electron chi connectivity index (χ4n) is 8.75. The van der Waals surface area contributed by atoms with Crippen LogP contribution in [0.15, 0.2) is 57.6 Å². The van der Waals surface area contributed by atoms with Gasteiger partial charge < -0.3 is 24.7 Å². The van der Waals surface area contributed by atoms with Gasteiger partial charge in [0.1, 0.15) is 22.9 Å². The third-order valence-corrected chi connectivity index (χ3v) is 12.8. The molecule has 3 aliphatic heterocycles. The number of fused-ring (bicyclic) bond motifs is 2. The van der Waals surface area contributed by atoms with Crippen LogP contribution >= 0.6 is 11.8 Å². The molecule has 1 saturated heterocycles. The number of Topliss-reactive ketones (excluding diaryl/α,β-unsaturated/α-hetero) is 3. The molecule has 9 nitrogen and oxygen atoms in total. The second kappa shape index (κ2) is 13.8. The number of esters is 1. The van der Waals surface area contributed by atoms with Gasteiger partial charge in [0.05, 0.1) is 24.3 Å². The quantitative estimate of drug-likeness (QED) is 0.0987. The lowest BCUT2D eigenvalue weighted by molar-refractivity contribution is -0.171. The summed E-state index contributed by atoms with van der Waals surface area (Å²) in [6.45, 7) is 17.3. The molecule has 6 unspecified atom stereocenters. The summed E-state index contributed by atoms with van der Waals surface area (Å²) in [5.74, 6) is -0.767. The highest BCUT2D eigenvalue weighted by Crippen LogP contribution is 2.68. The number of carbonyl (C=O) groups is 4. The summed E-state index contributed by atoms with van der Waals surface area (Å²) >= 11 is 1.35. The molecule has 4 bridgehead atoms. The van der Waals surface area contributed by atoms with Crippen molar-refractivity contribution < 1.29 is 38.1 Å². The van der Waals surface area contributed by atoms with E-state index in [9.17, 15) is 14.4 Å². The van der Waals surface area contributed by atoms with E-state index in [2.05, 4.69) is 39.0 Å². The molecule has 2 fully saturated rings. The maximum Gasteiger partial charge on any atom is 0.333 e. The van der Waals surface area contributed by atoms with Gasteiger partial charge in [-0.3, -0.25) is 14.4 Å². The summed E-state index contributed by atoms with van der Waals surface area (Å²) in [5, 5.41) is 0. The molecule has 6 aliphatic rings. The van der Waals surface area contributed by atoms with Crippen LogP contribution in [-0.2, 0) is 30.3 Å². The summed E-state index contributed by atoms with van der Waals surface area (Å²) in [6.07, 6.45) is 14.3. The SMILES string of the molecule is COC(=O)/C(C)=C\CC12OC(C)(C)C3CC(C=C4C(=O)c5c(c(CC=C(C)C)c6c(c5SCC(N)C(C)=O)C=CC(C)(CCC=C(C)C)O6)OC431)C2=O. The first-order valence-corrected chi connectivity index (χ1v) is 19.5. The third kappa shape index (κ3) is 6.28. The molecule has 1 saturated carbocycles. The van der Waals surface area contributed by atoms with Crippen LogP contribution in [0.2, 0.25) is 0 Å². The van der Waals surface area contributed by atoms with Crippen LogP contribution in [0.25, 0.3) is 6.08 Å². The number of rotatable bonds is 12. The van der Waals surface area contributed by atoms with Gasteiger partial charge in [-0.05, 0) is 94.1 Å². The maximum atomic E-state index is 15.4. The number of carbonyl (C=O) groups excluding carboxylic acids is 4. The van der Waals surface area contributed by atoms with E-state index in [1.54, 1.807) is 19.1 Å². The Morgan fingerprint density at radius 2 is 1.72 bits per heavy atom. The van der Waals surface area contributed by atoms with Crippen LogP contribution in [0.4, 0.5) is 0 Å². The van der Waals surface area contributed by atoms with E-state index in [4.69, 9.17) is 24.7 Å². The number of methoxy groups -OCH3 is 1. The van der Waals surface area contributed by atoms with Gasteiger partial charge in [-0.1, -0.05) is 41.5 Å². The molecule has 7 rings (SSSR count). The van der Waals surface area contributed by atoms with E-state index >= 15 is 4.79 Å². The molecule has 1 aromatic carbocycles. The maximum absolute atomic E-state index is 15.4. The number of ether oxygens (including phenoxy) is 4. The van der Waals surface area contributed by atoms with Crippen molar-refractivity contribution in [3.8, 4) is 11.5 Å². The van der Waals surface area contributed by atoms with Crippen molar-refractivity contribution >= 4 is 41.2 Å². The monoisotopic (exact) mass is 743 g/mol. The van der Waals surface area contributed by atoms with Gasteiger partial charge in [0, 0.05) is 51.2 Å². The Morgan fingerprint density at radius 3 is 2.36 bits per heavy atom. The molecule has 3 heterocycles. The fraction of sp³-hybridized carbons (Fsp3) is 0.535. The summed E-state index contributed by atoms with van der Waals surface area (Å²) in [4.78, 5) is 55.5. The van der Waals surface area contributed by atoms with E-state index < -0.39 is 40.3 Å². The van der Waals surface area contributed by atoms with Crippen LogP contribution in [0, 0.1) is 11.8 Å². The average molecular weight is 744 g/mol. The highest BCUT2D eigenvalue weighted by Gasteiger charge is 2.81. The lowest BCUT2D eigenvalue weighted by atomic mass is 9.51. The molecule has 3 aliphatic carbocycles. The molecular weight excluding hydrogens is 691 g/mol. The molecule has 10 heteroatoms. The van der Waals surface area contributed by atoms with Gasteiger partial charge >= 0.3 is 5.97 Å². The van der Waals surface area contributed by atoms with Crippen molar-refractivity contribution in [2.45, 2.75) is 128 Å². The van der Waals surface area contributed by atoms with E-state index in [1.165, 1.54) is 31.4 Å². The number of ketones is 3. The molecule has 6 atom stereocenters. The zero-order valence-electron chi connectivity index (χ0n) is 32.7. The Labute approximate surface area is 317 Å². The van der Waals surface area contributed by atoms with Crippen LogP contribution in [0.3, 0.4) is 0 Å². The van der Waals surface area contributed by atoms with Crippen LogP contribution in [0.1, 0.15) is 109 Å². The highest BCUT2D eigenvalue weighted by molar-refractivity contribution is 7.99. The van der Waals surface area contributed by atoms with Gasteiger partial charge in [-0.2, -0.15) is 0 Å². The van der Waals surface area contributed by atoms with Crippen molar-refractivity contribution in [3.05, 3.63) is 69.4 Å². The summed E-state index contributed by atoms with van der Waals surface area (Å²) in [7, 11) is 1.31. The topological polar surface area (TPSA) is 131 Å². The summed E-state index contributed by atoms with van der Waals surface area (Å²) in [5.41, 5.74) is 6.60. The predicted octanol–water partition coefficient (Wildman–Crippen LogP) is 7.63. The number of allylic oxidation sites excluding steroid dienone is 5. The highest BCUT2D eigenvalue weighted by atomic mass is 32.2. The smallest absolute Gasteiger partial charge is 0.333 e. The van der Waals surface area contributed by atoms with Crippen molar-refractivity contribution in [2.24, 2.45) is 17.6 Å². The van der Waals surface area contributed by atoms with Crippen LogP contribution in [0.5, 0.6) is 11.5 Å². The number of benzene rings is 1. The molecule has 0 radical (unpaired) electrons. The number of nitrogens with two attached hydrogens (primary N) is 1. The Balaban J connectivity index is 1.63. The molecule has 1 aromatic rings. The molecular formula is C43H53NO8S. The second-order valence-electron chi connectivity index (χ2n) is 16.5. The lowest BCUT2D eigenvalue weighted by Gasteiger charge is -2.56. The van der Waals surface area contributed by atoms with Crippen LogP contribution in [-0.4, -0.2) is 64.6 Å². The second-order valence-corrected chi connectivity index (χ2v) is 17.5. The van der Waals surface area contributed by atoms with Gasteiger partial charge in [0.15, 0.2) is 22.8 Å². The first-order valence-electron chi connectivity index (χ1n) is 18.5. The van der Waals surface area contributed by atoms with E-state index in [0.717, 1.165) is 24.0 Å². The van der Waals surface area contributed by atoms with Gasteiger partial charge in [-0.25, -0.2) is 4.79 Å². The van der Waals surface area contributed by atoms with Crippen LogP contribution < -0.4 is 15.2 Å². The molecule has 1 spiro atoms. The van der Waals surface area contributed by atoms with E-state index in [1.807, 2.05) is 33.8 Å². The summed E-state index contributed by atoms with van der Waals surface area (Å²) in [6, 6.07) is -0.744. The molecule has 0 aromatic heterocycles. The zero-order valence-corrected chi connectivity index (χ0v) is 33.5. The van der Waals surface area contributed by atoms with Gasteiger partial charge in [0.2, 0.25) is 0 Å². The molecule has 53 heavy (non-hydrogen) atoms. The normalized spacial score (nSPS) is 29.2. The van der Waals surface area contributed by atoms with Gasteiger partial charge in [-0.15, -0.1) is 11.8 Å². The Kier molecular flexibility index (Phi) is 10.2. The number of hydrogen-bond acceptors (Lipinski definition) is 10. The number of thioether (sulfide) groups is 1. The minimum absolute atomic E-state index is 0.0220. The van der Waals surface area contributed by atoms with Crippen molar-refractivity contribution in [3.63, 3.8) is 0 Å². The standard InChI is InChI=1S/C43H53NO8S/c1-23(2)12-11-17-41(9)18-16-29-35(50-41)28(14-13-24(3)4)36-33(37(29)53-22-31(44)26(6)45)34(46)30-20-27-21-32-40(7,8)52-42(38(27)47,43(30,32)51-36)19-15-25(5)39(48)49-10/h12-13,15-16,18,20,27,31-32H,11,14,17,19,21-22,44H2,1-10H3/b25-15-. The zero-order chi connectivity index (χ0) is 38.8. The van der Waals surface area contributed by atoms with Crippen molar-refractivity contribution in [1.29, 1.82) is 0 Å². The molecule has 0 amide bonds. The average Bonchev–Trinajstić information content (AvgIpc) is 3.24. The first-order chi connectivity index (χ1) is 24.8. The molecule has 284 valence electrons. The van der Waals surface area contributed by atoms with E-state index in [-0.39, 0.29) is 35.4 Å². The Hall–Kier alpha value is -3.73. The Morgan fingerprint density at radius 1 is 1.02 bits per heavy atom. The summed E-state index contributed by atoms with van der Waals surface area (Å²) < 4.78 is 26.4. The van der Waals surface area contributed by atoms with Gasteiger partial charge in [0.25, 0.3) is 0 Å².